The highest BCUT2D eigenvalue weighted by Crippen LogP contribution is 2.17. The molecule has 0 radical (unpaired) electrons. The van der Waals surface area contributed by atoms with E-state index in [1.165, 1.54) is 6.92 Å². The predicted octanol–water partition coefficient (Wildman–Crippen LogP) is 0.430. The summed E-state index contributed by atoms with van der Waals surface area (Å²) in [7, 11) is 0. The van der Waals surface area contributed by atoms with Gasteiger partial charge in [-0.25, -0.2) is 0 Å². The van der Waals surface area contributed by atoms with E-state index in [2.05, 4.69) is 4.99 Å². The van der Waals surface area contributed by atoms with E-state index < -0.39 is 0 Å². The van der Waals surface area contributed by atoms with Crippen LogP contribution in [0.25, 0.3) is 0 Å². The topological polar surface area (TPSA) is 116 Å². The van der Waals surface area contributed by atoms with Crippen LogP contribution in [0, 0.1) is 11.8 Å². The molecule has 0 saturated heterocycles. The van der Waals surface area contributed by atoms with Crippen molar-refractivity contribution in [1.29, 1.82) is 0 Å². The Hall–Kier alpha value is -1.72. The van der Waals surface area contributed by atoms with Crippen molar-refractivity contribution in [2.45, 2.75) is 39.5 Å². The van der Waals surface area contributed by atoms with E-state index in [1.807, 2.05) is 0 Å². The quantitative estimate of drug-likeness (QED) is 0.258. The third-order valence-electron chi connectivity index (χ3n) is 2.75. The van der Waals surface area contributed by atoms with Crippen LogP contribution >= 0.6 is 0 Å². The molecular formula is C13H23N3O3. The Morgan fingerprint density at radius 1 is 1.26 bits per heavy atom. The number of nitrogens with two attached hydrogens (primary N) is 2. The Balaban J connectivity index is 4.36. The van der Waals surface area contributed by atoms with E-state index in [-0.39, 0.29) is 42.2 Å². The number of ketones is 2. The summed E-state index contributed by atoms with van der Waals surface area (Å²) >= 11 is 0. The molecule has 0 heterocycles. The summed E-state index contributed by atoms with van der Waals surface area (Å²) in [6, 6.07) is 0. The maximum Gasteiger partial charge on any atom is 0.185 e. The summed E-state index contributed by atoms with van der Waals surface area (Å²) in [5.74, 6) is -0.698. The van der Waals surface area contributed by atoms with Crippen LogP contribution in [0.4, 0.5) is 0 Å². The van der Waals surface area contributed by atoms with Gasteiger partial charge in [0.1, 0.15) is 17.9 Å². The molecule has 0 aliphatic heterocycles. The molecule has 0 rings (SSSR count). The number of aliphatic imine (C=N–C) groups is 1. The summed E-state index contributed by atoms with van der Waals surface area (Å²) < 4.78 is 0. The lowest BCUT2D eigenvalue weighted by molar-refractivity contribution is -0.129. The van der Waals surface area contributed by atoms with Gasteiger partial charge in [-0.2, -0.15) is 0 Å². The van der Waals surface area contributed by atoms with Gasteiger partial charge in [-0.1, -0.05) is 6.92 Å². The van der Waals surface area contributed by atoms with E-state index in [1.54, 1.807) is 6.92 Å². The number of carbonyl (C=O) groups excluding carboxylic acids is 3. The van der Waals surface area contributed by atoms with Crippen LogP contribution in [-0.2, 0) is 14.4 Å². The molecule has 2 unspecified atom stereocenters. The maximum atomic E-state index is 12.0. The van der Waals surface area contributed by atoms with Crippen LogP contribution in [0.15, 0.2) is 4.99 Å². The van der Waals surface area contributed by atoms with Gasteiger partial charge in [0, 0.05) is 31.2 Å². The first-order chi connectivity index (χ1) is 8.86. The molecule has 0 fully saturated rings. The third-order valence-corrected chi connectivity index (χ3v) is 2.75. The summed E-state index contributed by atoms with van der Waals surface area (Å²) in [6.45, 7) is 3.59. The second-order valence-electron chi connectivity index (χ2n) is 4.84. The SMILES string of the molecule is CC(=O)CC(CCCN=C(N)N)C(=O)CC(C)C=O. The van der Waals surface area contributed by atoms with Crippen molar-refractivity contribution in [3.8, 4) is 0 Å². The minimum absolute atomic E-state index is 0.0176. The smallest absolute Gasteiger partial charge is 0.185 e. The number of nitrogens with zero attached hydrogens (tertiary/aromatic N) is 1. The van der Waals surface area contributed by atoms with Crippen molar-refractivity contribution in [2.24, 2.45) is 28.3 Å². The van der Waals surface area contributed by atoms with Gasteiger partial charge < -0.3 is 21.1 Å². The Bertz CT molecular complexity index is 349. The molecular weight excluding hydrogens is 246 g/mol. The van der Waals surface area contributed by atoms with Crippen molar-refractivity contribution >= 4 is 23.8 Å². The van der Waals surface area contributed by atoms with Crippen molar-refractivity contribution in [2.75, 3.05) is 6.54 Å². The Labute approximate surface area is 113 Å². The standard InChI is InChI=1S/C13H23N3O3/c1-9(8-17)6-12(19)11(7-10(2)18)4-3-5-16-13(14)15/h8-9,11H,3-7H2,1-2H3,(H4,14,15,16). The first kappa shape index (κ1) is 17.3. The van der Waals surface area contributed by atoms with Crippen LogP contribution in [0.5, 0.6) is 0 Å². The number of rotatable bonds is 10. The van der Waals surface area contributed by atoms with Crippen LogP contribution in [-0.4, -0.2) is 30.4 Å². The van der Waals surface area contributed by atoms with Crippen molar-refractivity contribution < 1.29 is 14.4 Å². The monoisotopic (exact) mass is 269 g/mol. The van der Waals surface area contributed by atoms with Crippen LogP contribution < -0.4 is 11.5 Å². The minimum Gasteiger partial charge on any atom is -0.370 e. The van der Waals surface area contributed by atoms with Crippen molar-refractivity contribution in [3.05, 3.63) is 0 Å². The summed E-state index contributed by atoms with van der Waals surface area (Å²) in [5, 5.41) is 0. The van der Waals surface area contributed by atoms with Gasteiger partial charge in [0.2, 0.25) is 0 Å². The zero-order chi connectivity index (χ0) is 14.8. The van der Waals surface area contributed by atoms with E-state index in [4.69, 9.17) is 11.5 Å². The van der Waals surface area contributed by atoms with Gasteiger partial charge in [-0.3, -0.25) is 9.79 Å². The molecule has 6 nitrogen and oxygen atoms in total. The molecule has 0 aromatic rings. The number of hydrogen-bond donors (Lipinski definition) is 2. The highest BCUT2D eigenvalue weighted by Gasteiger charge is 2.21. The highest BCUT2D eigenvalue weighted by molar-refractivity contribution is 5.88. The molecule has 0 aromatic carbocycles. The van der Waals surface area contributed by atoms with Crippen LogP contribution in [0.3, 0.4) is 0 Å². The van der Waals surface area contributed by atoms with Crippen molar-refractivity contribution in [3.63, 3.8) is 0 Å². The zero-order valence-electron chi connectivity index (χ0n) is 11.6. The largest absolute Gasteiger partial charge is 0.370 e. The van der Waals surface area contributed by atoms with Gasteiger partial charge in [-0.15, -0.1) is 0 Å². The average Bonchev–Trinajstić information content (AvgIpc) is 2.31. The fourth-order valence-corrected chi connectivity index (χ4v) is 1.80. The van der Waals surface area contributed by atoms with E-state index >= 15 is 0 Å². The Morgan fingerprint density at radius 3 is 2.37 bits per heavy atom. The van der Waals surface area contributed by atoms with Gasteiger partial charge in [-0.05, 0) is 19.8 Å². The molecule has 0 saturated carbocycles. The lowest BCUT2D eigenvalue weighted by Gasteiger charge is -2.14. The van der Waals surface area contributed by atoms with Crippen LogP contribution in [0.1, 0.15) is 39.5 Å². The zero-order valence-corrected chi connectivity index (χ0v) is 11.6. The molecule has 0 bridgehead atoms. The van der Waals surface area contributed by atoms with Gasteiger partial charge in [0.25, 0.3) is 0 Å². The molecule has 108 valence electrons. The Morgan fingerprint density at radius 2 is 1.89 bits per heavy atom. The molecule has 6 heteroatoms. The molecule has 0 amide bonds. The fourth-order valence-electron chi connectivity index (χ4n) is 1.80. The fraction of sp³-hybridized carbons (Fsp3) is 0.692. The molecule has 2 atom stereocenters. The number of hydrogen-bond acceptors (Lipinski definition) is 4. The molecule has 0 aromatic heterocycles. The van der Waals surface area contributed by atoms with E-state index in [0.29, 0.717) is 19.4 Å². The summed E-state index contributed by atoms with van der Waals surface area (Å²) in [5.41, 5.74) is 10.4. The number of guanidine groups is 1. The molecule has 0 aliphatic carbocycles. The summed E-state index contributed by atoms with van der Waals surface area (Å²) in [6.07, 6.45) is 2.34. The molecule has 4 N–H and O–H groups in total. The van der Waals surface area contributed by atoms with Crippen LogP contribution in [0.2, 0.25) is 0 Å². The summed E-state index contributed by atoms with van der Waals surface area (Å²) in [4.78, 5) is 37.5. The van der Waals surface area contributed by atoms with Gasteiger partial charge >= 0.3 is 0 Å². The average molecular weight is 269 g/mol. The lowest BCUT2D eigenvalue weighted by atomic mass is 9.88. The molecule has 0 spiro atoms. The van der Waals surface area contributed by atoms with Gasteiger partial charge in [0.15, 0.2) is 5.96 Å². The lowest BCUT2D eigenvalue weighted by Crippen LogP contribution is -2.23. The second kappa shape index (κ2) is 9.24. The van der Waals surface area contributed by atoms with E-state index in [0.717, 1.165) is 6.29 Å². The first-order valence-corrected chi connectivity index (χ1v) is 6.39. The highest BCUT2D eigenvalue weighted by atomic mass is 16.1. The third kappa shape index (κ3) is 8.93. The Kier molecular flexibility index (Phi) is 8.41. The number of carbonyl (C=O) groups is 3. The number of aldehydes is 1. The predicted molar refractivity (Wildman–Crippen MR) is 73.6 cm³/mol. The van der Waals surface area contributed by atoms with Crippen molar-refractivity contribution in [1.82, 2.24) is 0 Å². The second-order valence-corrected chi connectivity index (χ2v) is 4.84. The first-order valence-electron chi connectivity index (χ1n) is 6.39. The van der Waals surface area contributed by atoms with E-state index in [9.17, 15) is 14.4 Å². The minimum atomic E-state index is -0.339. The maximum absolute atomic E-state index is 12.0. The number of Topliss-reactive ketones (excluding diaryl/α,β-unsaturated/α-hetero) is 2. The normalized spacial score (nSPS) is 13.4. The van der Waals surface area contributed by atoms with Gasteiger partial charge in [0.05, 0.1) is 0 Å². The molecule has 0 aliphatic rings. The molecule has 19 heavy (non-hydrogen) atoms.